The number of hydrogen-bond acceptors (Lipinski definition) is 3. The Morgan fingerprint density at radius 1 is 1.40 bits per heavy atom. The molecule has 0 fully saturated rings. The SMILES string of the molecule is CC[C@H](C)[C@H](C#N)Oc1ccc(O)cc1. The van der Waals surface area contributed by atoms with E-state index in [-0.39, 0.29) is 11.7 Å². The second-order valence-electron chi connectivity index (χ2n) is 3.55. The van der Waals surface area contributed by atoms with E-state index >= 15 is 0 Å². The van der Waals surface area contributed by atoms with Gasteiger partial charge in [0.2, 0.25) is 0 Å². The molecule has 3 heteroatoms. The van der Waals surface area contributed by atoms with Crippen molar-refractivity contribution in [3.05, 3.63) is 24.3 Å². The maximum atomic E-state index is 9.08. The summed E-state index contributed by atoms with van der Waals surface area (Å²) in [6.07, 6.45) is 0.468. The average Bonchev–Trinajstić information content (AvgIpc) is 2.27. The normalized spacial score (nSPS) is 13.9. The van der Waals surface area contributed by atoms with Gasteiger partial charge < -0.3 is 9.84 Å². The van der Waals surface area contributed by atoms with Crippen molar-refractivity contribution in [1.29, 1.82) is 5.26 Å². The zero-order valence-corrected chi connectivity index (χ0v) is 8.97. The molecule has 0 aliphatic heterocycles. The molecule has 0 aromatic heterocycles. The Bertz CT molecular complexity index is 340. The van der Waals surface area contributed by atoms with Crippen LogP contribution in [0.1, 0.15) is 20.3 Å². The molecule has 2 atom stereocenters. The van der Waals surface area contributed by atoms with Crippen LogP contribution in [-0.2, 0) is 0 Å². The zero-order chi connectivity index (χ0) is 11.3. The highest BCUT2D eigenvalue weighted by molar-refractivity contribution is 5.30. The van der Waals surface area contributed by atoms with Crippen LogP contribution in [0.15, 0.2) is 24.3 Å². The third-order valence-electron chi connectivity index (χ3n) is 2.39. The fraction of sp³-hybridized carbons (Fsp3) is 0.417. The minimum Gasteiger partial charge on any atom is -0.508 e. The molecule has 0 spiro atoms. The standard InChI is InChI=1S/C12H15NO2/c1-3-9(2)12(8-13)15-11-6-4-10(14)5-7-11/h4-7,9,12,14H,3H2,1-2H3/t9-,12-/m0/s1. The van der Waals surface area contributed by atoms with E-state index in [0.29, 0.717) is 5.75 Å². The predicted octanol–water partition coefficient (Wildman–Crippen LogP) is 2.71. The van der Waals surface area contributed by atoms with E-state index in [1.807, 2.05) is 13.8 Å². The van der Waals surface area contributed by atoms with Crippen molar-refractivity contribution in [2.24, 2.45) is 5.92 Å². The molecule has 0 aliphatic carbocycles. The zero-order valence-electron chi connectivity index (χ0n) is 8.97. The Morgan fingerprint density at radius 2 is 2.00 bits per heavy atom. The van der Waals surface area contributed by atoms with E-state index in [0.717, 1.165) is 6.42 Å². The molecule has 1 aromatic carbocycles. The molecule has 1 N–H and O–H groups in total. The third-order valence-corrected chi connectivity index (χ3v) is 2.39. The summed E-state index contributed by atoms with van der Waals surface area (Å²) in [5.74, 6) is 1.00. The van der Waals surface area contributed by atoms with E-state index in [1.165, 1.54) is 0 Å². The molecule has 0 unspecified atom stereocenters. The fourth-order valence-corrected chi connectivity index (χ4v) is 1.16. The van der Waals surface area contributed by atoms with Crippen molar-refractivity contribution in [3.63, 3.8) is 0 Å². The van der Waals surface area contributed by atoms with Crippen molar-refractivity contribution in [1.82, 2.24) is 0 Å². The summed E-state index contributed by atoms with van der Waals surface area (Å²) < 4.78 is 5.50. The molecule has 3 nitrogen and oxygen atoms in total. The highest BCUT2D eigenvalue weighted by Crippen LogP contribution is 2.20. The van der Waals surface area contributed by atoms with Gasteiger partial charge in [-0.1, -0.05) is 13.8 Å². The average molecular weight is 205 g/mol. The summed E-state index contributed by atoms with van der Waals surface area (Å²) in [4.78, 5) is 0. The fourth-order valence-electron chi connectivity index (χ4n) is 1.16. The first-order valence-electron chi connectivity index (χ1n) is 5.02. The number of nitriles is 1. The maximum absolute atomic E-state index is 9.08. The van der Waals surface area contributed by atoms with Crippen molar-refractivity contribution >= 4 is 0 Å². The summed E-state index contributed by atoms with van der Waals surface area (Å²) in [6.45, 7) is 4.00. The van der Waals surface area contributed by atoms with E-state index in [9.17, 15) is 0 Å². The number of phenolic OH excluding ortho intramolecular Hbond substituents is 1. The number of benzene rings is 1. The monoisotopic (exact) mass is 205 g/mol. The molecular formula is C12H15NO2. The molecule has 0 aliphatic rings. The minimum atomic E-state index is -0.431. The summed E-state index contributed by atoms with van der Waals surface area (Å²) in [5, 5.41) is 18.0. The Labute approximate surface area is 89.9 Å². The number of ether oxygens (including phenoxy) is 1. The lowest BCUT2D eigenvalue weighted by Crippen LogP contribution is -2.22. The molecule has 1 rings (SSSR count). The summed E-state index contributed by atoms with van der Waals surface area (Å²) in [5.41, 5.74) is 0. The van der Waals surface area contributed by atoms with Gasteiger partial charge in [-0.25, -0.2) is 0 Å². The van der Waals surface area contributed by atoms with E-state index in [2.05, 4.69) is 6.07 Å². The predicted molar refractivity (Wildman–Crippen MR) is 57.6 cm³/mol. The molecule has 0 saturated carbocycles. The van der Waals surface area contributed by atoms with Gasteiger partial charge in [-0.05, 0) is 30.7 Å². The van der Waals surface area contributed by atoms with E-state index < -0.39 is 6.10 Å². The van der Waals surface area contributed by atoms with Crippen LogP contribution in [0.5, 0.6) is 11.5 Å². The van der Waals surface area contributed by atoms with Crippen molar-refractivity contribution in [3.8, 4) is 17.6 Å². The molecule has 0 radical (unpaired) electrons. The largest absolute Gasteiger partial charge is 0.508 e. The van der Waals surface area contributed by atoms with Crippen LogP contribution in [0.3, 0.4) is 0 Å². The van der Waals surface area contributed by atoms with Gasteiger partial charge in [0, 0.05) is 5.92 Å². The van der Waals surface area contributed by atoms with Gasteiger partial charge in [0.05, 0.1) is 0 Å². The molecule has 0 saturated heterocycles. The van der Waals surface area contributed by atoms with Crippen LogP contribution in [0.2, 0.25) is 0 Å². The number of rotatable bonds is 4. The summed E-state index contributed by atoms with van der Waals surface area (Å²) >= 11 is 0. The second kappa shape index (κ2) is 5.26. The molecular weight excluding hydrogens is 190 g/mol. The Hall–Kier alpha value is -1.69. The third kappa shape index (κ3) is 3.17. The van der Waals surface area contributed by atoms with E-state index in [4.69, 9.17) is 15.1 Å². The first kappa shape index (κ1) is 11.4. The Kier molecular flexibility index (Phi) is 3.99. The Morgan fingerprint density at radius 3 is 2.47 bits per heavy atom. The van der Waals surface area contributed by atoms with Gasteiger partial charge in [0.25, 0.3) is 0 Å². The smallest absolute Gasteiger partial charge is 0.186 e. The lowest BCUT2D eigenvalue weighted by Gasteiger charge is -2.17. The molecule has 0 heterocycles. The van der Waals surface area contributed by atoms with Gasteiger partial charge in [0.15, 0.2) is 6.10 Å². The van der Waals surface area contributed by atoms with Gasteiger partial charge in [-0.15, -0.1) is 0 Å². The topological polar surface area (TPSA) is 53.2 Å². The number of nitrogens with zero attached hydrogens (tertiary/aromatic N) is 1. The second-order valence-corrected chi connectivity index (χ2v) is 3.55. The molecule has 15 heavy (non-hydrogen) atoms. The van der Waals surface area contributed by atoms with E-state index in [1.54, 1.807) is 24.3 Å². The first-order valence-corrected chi connectivity index (χ1v) is 5.02. The van der Waals surface area contributed by atoms with Crippen LogP contribution >= 0.6 is 0 Å². The molecule has 80 valence electrons. The van der Waals surface area contributed by atoms with Gasteiger partial charge >= 0.3 is 0 Å². The van der Waals surface area contributed by atoms with Crippen molar-refractivity contribution in [2.45, 2.75) is 26.4 Å². The maximum Gasteiger partial charge on any atom is 0.186 e. The quantitative estimate of drug-likeness (QED) is 0.822. The number of hydrogen-bond donors (Lipinski definition) is 1. The van der Waals surface area contributed by atoms with Crippen LogP contribution in [0, 0.1) is 17.2 Å². The molecule has 1 aromatic rings. The number of aromatic hydroxyl groups is 1. The lowest BCUT2D eigenvalue weighted by atomic mass is 10.0. The Balaban J connectivity index is 2.68. The van der Waals surface area contributed by atoms with Crippen LogP contribution in [0.4, 0.5) is 0 Å². The first-order chi connectivity index (χ1) is 7.17. The van der Waals surface area contributed by atoms with Crippen molar-refractivity contribution in [2.75, 3.05) is 0 Å². The number of phenols is 1. The minimum absolute atomic E-state index is 0.194. The highest BCUT2D eigenvalue weighted by atomic mass is 16.5. The van der Waals surface area contributed by atoms with Crippen LogP contribution in [0.25, 0.3) is 0 Å². The van der Waals surface area contributed by atoms with Crippen LogP contribution in [-0.4, -0.2) is 11.2 Å². The van der Waals surface area contributed by atoms with Gasteiger partial charge in [-0.2, -0.15) is 5.26 Å². The van der Waals surface area contributed by atoms with Crippen LogP contribution < -0.4 is 4.74 Å². The molecule has 0 bridgehead atoms. The lowest BCUT2D eigenvalue weighted by molar-refractivity contribution is 0.191. The van der Waals surface area contributed by atoms with Gasteiger partial charge in [0.1, 0.15) is 17.6 Å². The van der Waals surface area contributed by atoms with Gasteiger partial charge in [-0.3, -0.25) is 0 Å². The highest BCUT2D eigenvalue weighted by Gasteiger charge is 2.16. The summed E-state index contributed by atoms with van der Waals surface area (Å²) in [6, 6.07) is 8.52. The van der Waals surface area contributed by atoms with Crippen molar-refractivity contribution < 1.29 is 9.84 Å². The molecule has 0 amide bonds. The summed E-state index contributed by atoms with van der Waals surface area (Å²) in [7, 11) is 0.